The molecular formula is C19H16N2O5. The summed E-state index contributed by atoms with van der Waals surface area (Å²) in [5, 5.41) is 6.25. The quantitative estimate of drug-likeness (QED) is 0.665. The number of carbonyl (C=O) groups is 3. The molecule has 0 saturated carbocycles. The molecule has 2 N–H and O–H groups in total. The van der Waals surface area contributed by atoms with Gasteiger partial charge in [-0.1, -0.05) is 30.3 Å². The minimum absolute atomic E-state index is 0.160. The Kier molecular flexibility index (Phi) is 5.28. The molecule has 0 atom stereocenters. The number of amides is 3. The second-order valence-corrected chi connectivity index (χ2v) is 5.42. The Morgan fingerprint density at radius 3 is 2.69 bits per heavy atom. The van der Waals surface area contributed by atoms with E-state index in [0.717, 1.165) is 10.8 Å². The van der Waals surface area contributed by atoms with Crippen molar-refractivity contribution < 1.29 is 23.5 Å². The largest absolute Gasteiger partial charge is 0.483 e. The molecule has 3 amide bonds. The summed E-state index contributed by atoms with van der Waals surface area (Å²) in [5.74, 6) is 0.215. The third-order valence-electron chi connectivity index (χ3n) is 3.66. The highest BCUT2D eigenvalue weighted by Gasteiger charge is 2.12. The van der Waals surface area contributed by atoms with E-state index in [2.05, 4.69) is 10.6 Å². The first-order valence-electron chi connectivity index (χ1n) is 7.87. The number of furan rings is 1. The van der Waals surface area contributed by atoms with E-state index in [1.807, 2.05) is 18.2 Å². The molecule has 1 heterocycles. The first-order valence-corrected chi connectivity index (χ1v) is 7.87. The van der Waals surface area contributed by atoms with Gasteiger partial charge in [-0.25, -0.2) is 4.79 Å². The zero-order valence-corrected chi connectivity index (χ0v) is 13.7. The van der Waals surface area contributed by atoms with Gasteiger partial charge in [-0.2, -0.15) is 0 Å². The Hall–Kier alpha value is -3.61. The molecule has 0 radical (unpaired) electrons. The van der Waals surface area contributed by atoms with Crippen LogP contribution in [0.1, 0.15) is 16.1 Å². The summed E-state index contributed by atoms with van der Waals surface area (Å²) in [5.41, 5.74) is 0.359. The highest BCUT2D eigenvalue weighted by Crippen LogP contribution is 2.26. The lowest BCUT2D eigenvalue weighted by molar-refractivity contribution is -0.122. The number of hydrogen-bond acceptors (Lipinski definition) is 5. The van der Waals surface area contributed by atoms with Crippen LogP contribution >= 0.6 is 0 Å². The van der Waals surface area contributed by atoms with Gasteiger partial charge >= 0.3 is 6.03 Å². The second kappa shape index (κ2) is 7.98. The van der Waals surface area contributed by atoms with E-state index in [0.29, 0.717) is 17.6 Å². The zero-order chi connectivity index (χ0) is 18.4. The van der Waals surface area contributed by atoms with Crippen LogP contribution in [-0.4, -0.2) is 24.8 Å². The summed E-state index contributed by atoms with van der Waals surface area (Å²) in [6.45, 7) is -0.236. The van der Waals surface area contributed by atoms with Crippen molar-refractivity contribution in [3.05, 3.63) is 66.1 Å². The molecule has 0 saturated heterocycles. The molecule has 0 bridgehead atoms. The lowest BCUT2D eigenvalue weighted by atomic mass is 10.0. The maximum absolute atomic E-state index is 11.8. The van der Waals surface area contributed by atoms with Crippen molar-refractivity contribution in [2.75, 3.05) is 6.61 Å². The van der Waals surface area contributed by atoms with Gasteiger partial charge < -0.3 is 14.5 Å². The Bertz CT molecular complexity index is 934. The van der Waals surface area contributed by atoms with Crippen LogP contribution in [0.3, 0.4) is 0 Å². The van der Waals surface area contributed by atoms with Crippen molar-refractivity contribution in [1.29, 1.82) is 0 Å². The maximum atomic E-state index is 11.8. The number of imide groups is 1. The fourth-order valence-corrected chi connectivity index (χ4v) is 2.45. The predicted molar refractivity (Wildman–Crippen MR) is 93.9 cm³/mol. The molecule has 0 spiro atoms. The molecule has 132 valence electrons. The Morgan fingerprint density at radius 2 is 1.92 bits per heavy atom. The topological polar surface area (TPSA) is 97.6 Å². The van der Waals surface area contributed by atoms with Gasteiger partial charge in [0.1, 0.15) is 11.5 Å². The molecule has 0 unspecified atom stereocenters. The summed E-state index contributed by atoms with van der Waals surface area (Å²) in [6.07, 6.45) is 2.17. The van der Waals surface area contributed by atoms with Crippen molar-refractivity contribution >= 4 is 29.0 Å². The SMILES string of the molecule is O=Cc1c(OCC(=O)NC(=O)NCc2ccco2)ccc2ccccc12. The van der Waals surface area contributed by atoms with Gasteiger partial charge in [0.15, 0.2) is 12.9 Å². The van der Waals surface area contributed by atoms with Gasteiger partial charge in [-0.3, -0.25) is 14.9 Å². The Balaban J connectivity index is 1.56. The lowest BCUT2D eigenvalue weighted by Crippen LogP contribution is -2.41. The summed E-state index contributed by atoms with van der Waals surface area (Å²) < 4.78 is 10.5. The van der Waals surface area contributed by atoms with E-state index in [9.17, 15) is 14.4 Å². The maximum Gasteiger partial charge on any atom is 0.321 e. The number of rotatable bonds is 6. The van der Waals surface area contributed by atoms with E-state index in [-0.39, 0.29) is 12.3 Å². The molecule has 0 aliphatic heterocycles. The first-order chi connectivity index (χ1) is 12.7. The average molecular weight is 352 g/mol. The van der Waals surface area contributed by atoms with E-state index in [4.69, 9.17) is 9.15 Å². The van der Waals surface area contributed by atoms with Gasteiger partial charge in [-0.05, 0) is 29.0 Å². The van der Waals surface area contributed by atoms with Gasteiger partial charge in [-0.15, -0.1) is 0 Å². The number of nitrogens with one attached hydrogen (secondary N) is 2. The fourth-order valence-electron chi connectivity index (χ4n) is 2.45. The van der Waals surface area contributed by atoms with Crippen molar-refractivity contribution in [3.63, 3.8) is 0 Å². The number of carbonyl (C=O) groups excluding carboxylic acids is 3. The van der Waals surface area contributed by atoms with Crippen LogP contribution in [0, 0.1) is 0 Å². The van der Waals surface area contributed by atoms with Crippen LogP contribution in [0.5, 0.6) is 5.75 Å². The molecule has 2 aromatic carbocycles. The van der Waals surface area contributed by atoms with Crippen LogP contribution in [-0.2, 0) is 11.3 Å². The molecule has 7 heteroatoms. The number of hydrogen-bond donors (Lipinski definition) is 2. The van der Waals surface area contributed by atoms with E-state index < -0.39 is 18.5 Å². The Labute approximate surface area is 148 Å². The van der Waals surface area contributed by atoms with Gasteiger partial charge in [0.2, 0.25) is 0 Å². The minimum atomic E-state index is -0.663. The molecule has 0 aliphatic rings. The normalized spacial score (nSPS) is 10.3. The van der Waals surface area contributed by atoms with Crippen LogP contribution in [0.4, 0.5) is 4.79 Å². The average Bonchev–Trinajstić information content (AvgIpc) is 3.17. The molecule has 3 rings (SSSR count). The van der Waals surface area contributed by atoms with Gasteiger partial charge in [0.05, 0.1) is 18.4 Å². The molecule has 0 aliphatic carbocycles. The lowest BCUT2D eigenvalue weighted by Gasteiger charge is -2.11. The van der Waals surface area contributed by atoms with Crippen molar-refractivity contribution in [2.24, 2.45) is 0 Å². The number of fused-ring (bicyclic) bond motifs is 1. The van der Waals surface area contributed by atoms with Crippen LogP contribution in [0.25, 0.3) is 10.8 Å². The van der Waals surface area contributed by atoms with Crippen LogP contribution in [0.15, 0.2) is 59.2 Å². The standard InChI is InChI=1S/C19H16N2O5/c22-11-16-15-6-2-1-4-13(15)7-8-17(16)26-12-18(23)21-19(24)20-10-14-5-3-9-25-14/h1-9,11H,10,12H2,(H2,20,21,23,24). The van der Waals surface area contributed by atoms with Gasteiger partial charge in [0.25, 0.3) is 5.91 Å². The van der Waals surface area contributed by atoms with Crippen LogP contribution < -0.4 is 15.4 Å². The van der Waals surface area contributed by atoms with Crippen molar-refractivity contribution in [1.82, 2.24) is 10.6 Å². The highest BCUT2D eigenvalue weighted by atomic mass is 16.5. The number of aldehydes is 1. The molecule has 0 fully saturated rings. The summed E-state index contributed by atoms with van der Waals surface area (Å²) >= 11 is 0. The zero-order valence-electron chi connectivity index (χ0n) is 13.7. The fraction of sp³-hybridized carbons (Fsp3) is 0.105. The Morgan fingerprint density at radius 1 is 1.08 bits per heavy atom. The number of benzene rings is 2. The van der Waals surface area contributed by atoms with E-state index in [1.54, 1.807) is 30.3 Å². The molecular weight excluding hydrogens is 336 g/mol. The number of urea groups is 1. The molecule has 3 aromatic rings. The van der Waals surface area contributed by atoms with Crippen LogP contribution in [0.2, 0.25) is 0 Å². The van der Waals surface area contributed by atoms with E-state index in [1.165, 1.54) is 6.26 Å². The second-order valence-electron chi connectivity index (χ2n) is 5.42. The molecule has 26 heavy (non-hydrogen) atoms. The minimum Gasteiger partial charge on any atom is -0.483 e. The summed E-state index contributed by atoms with van der Waals surface area (Å²) in [4.78, 5) is 34.9. The third-order valence-corrected chi connectivity index (χ3v) is 3.66. The third kappa shape index (κ3) is 4.07. The monoisotopic (exact) mass is 352 g/mol. The molecule has 1 aromatic heterocycles. The predicted octanol–water partition coefficient (Wildman–Crippen LogP) is 2.65. The van der Waals surface area contributed by atoms with Crippen molar-refractivity contribution in [3.8, 4) is 5.75 Å². The summed E-state index contributed by atoms with van der Waals surface area (Å²) in [7, 11) is 0. The highest BCUT2D eigenvalue weighted by molar-refractivity contribution is 6.01. The molecule has 7 nitrogen and oxygen atoms in total. The number of ether oxygens (including phenoxy) is 1. The smallest absolute Gasteiger partial charge is 0.321 e. The van der Waals surface area contributed by atoms with Gasteiger partial charge in [0, 0.05) is 0 Å². The van der Waals surface area contributed by atoms with Crippen molar-refractivity contribution in [2.45, 2.75) is 6.54 Å². The summed E-state index contributed by atoms with van der Waals surface area (Å²) in [6, 6.07) is 13.5. The van der Waals surface area contributed by atoms with E-state index >= 15 is 0 Å². The first kappa shape index (κ1) is 17.2.